The molecule has 2 nitrogen and oxygen atoms in total. The smallest absolute Gasteiger partial charge is 0.0590 e. The predicted molar refractivity (Wildman–Crippen MR) is 76.9 cm³/mol. The molecule has 2 rings (SSSR count). The molecule has 0 spiro atoms. The molecule has 0 aromatic carbocycles. The van der Waals surface area contributed by atoms with Crippen LogP contribution in [0.25, 0.3) is 0 Å². The normalized spacial score (nSPS) is 30.5. The average Bonchev–Trinajstić information content (AvgIpc) is 2.44. The zero-order valence-corrected chi connectivity index (χ0v) is 12.1. The minimum absolute atomic E-state index is 0.537. The van der Waals surface area contributed by atoms with Crippen LogP contribution in [0.4, 0.5) is 0 Å². The summed E-state index contributed by atoms with van der Waals surface area (Å²) in [5.41, 5.74) is 0. The van der Waals surface area contributed by atoms with Gasteiger partial charge < -0.3 is 10.1 Å². The maximum atomic E-state index is 6.19. The molecular formula is C16H31NO. The first-order chi connectivity index (χ1) is 8.88. The van der Waals surface area contributed by atoms with Gasteiger partial charge in [-0.15, -0.1) is 0 Å². The van der Waals surface area contributed by atoms with Gasteiger partial charge in [0.25, 0.3) is 0 Å². The van der Waals surface area contributed by atoms with Gasteiger partial charge >= 0.3 is 0 Å². The van der Waals surface area contributed by atoms with Crippen LogP contribution in [-0.4, -0.2) is 25.3 Å². The lowest BCUT2D eigenvalue weighted by atomic mass is 9.89. The lowest BCUT2D eigenvalue weighted by molar-refractivity contribution is -0.00562. The molecule has 1 N–H and O–H groups in total. The van der Waals surface area contributed by atoms with E-state index < -0.39 is 0 Å². The third-order valence-corrected chi connectivity index (χ3v) is 4.60. The van der Waals surface area contributed by atoms with Crippen LogP contribution >= 0.6 is 0 Å². The fourth-order valence-corrected chi connectivity index (χ4v) is 3.46. The van der Waals surface area contributed by atoms with Gasteiger partial charge in [-0.2, -0.15) is 0 Å². The molecule has 0 amide bonds. The maximum Gasteiger partial charge on any atom is 0.0590 e. The fraction of sp³-hybridized carbons (Fsp3) is 1.00. The lowest BCUT2D eigenvalue weighted by Crippen LogP contribution is -2.37. The summed E-state index contributed by atoms with van der Waals surface area (Å²) in [6.07, 6.45) is 14.1. The van der Waals surface area contributed by atoms with Crippen LogP contribution in [0, 0.1) is 5.92 Å². The highest BCUT2D eigenvalue weighted by atomic mass is 16.5. The Hall–Kier alpha value is -0.0800. The molecule has 0 bridgehead atoms. The Morgan fingerprint density at radius 2 is 1.83 bits per heavy atom. The Morgan fingerprint density at radius 1 is 1.00 bits per heavy atom. The number of ether oxygens (including phenoxy) is 1. The van der Waals surface area contributed by atoms with E-state index in [0.29, 0.717) is 6.10 Å². The summed E-state index contributed by atoms with van der Waals surface area (Å²) in [4.78, 5) is 0. The van der Waals surface area contributed by atoms with Crippen molar-refractivity contribution in [3.05, 3.63) is 0 Å². The van der Waals surface area contributed by atoms with Gasteiger partial charge in [-0.05, 0) is 57.4 Å². The van der Waals surface area contributed by atoms with Gasteiger partial charge in [0.05, 0.1) is 6.10 Å². The first kappa shape index (κ1) is 14.3. The van der Waals surface area contributed by atoms with Crippen molar-refractivity contribution in [1.82, 2.24) is 5.32 Å². The fourth-order valence-electron chi connectivity index (χ4n) is 3.46. The number of nitrogens with one attached hydrogen (secondary N) is 1. The molecule has 0 radical (unpaired) electrons. The molecule has 2 heteroatoms. The van der Waals surface area contributed by atoms with Crippen molar-refractivity contribution in [3.8, 4) is 0 Å². The minimum Gasteiger partial charge on any atom is -0.378 e. The van der Waals surface area contributed by atoms with E-state index in [1.54, 1.807) is 0 Å². The van der Waals surface area contributed by atoms with E-state index >= 15 is 0 Å². The van der Waals surface area contributed by atoms with Crippen LogP contribution in [-0.2, 0) is 4.74 Å². The first-order valence-electron chi connectivity index (χ1n) is 8.23. The van der Waals surface area contributed by atoms with Crippen LogP contribution in [0.5, 0.6) is 0 Å². The van der Waals surface area contributed by atoms with Crippen molar-refractivity contribution in [2.75, 3.05) is 13.2 Å². The Labute approximate surface area is 113 Å². The monoisotopic (exact) mass is 253 g/mol. The van der Waals surface area contributed by atoms with Crippen LogP contribution in [0.2, 0.25) is 0 Å². The van der Waals surface area contributed by atoms with Gasteiger partial charge in [0.1, 0.15) is 0 Å². The molecule has 2 aliphatic carbocycles. The second-order valence-corrected chi connectivity index (χ2v) is 6.28. The Morgan fingerprint density at radius 3 is 2.61 bits per heavy atom. The van der Waals surface area contributed by atoms with E-state index in [1.807, 2.05) is 0 Å². The Bertz CT molecular complexity index is 213. The van der Waals surface area contributed by atoms with E-state index in [1.165, 1.54) is 70.8 Å². The van der Waals surface area contributed by atoms with Gasteiger partial charge in [-0.1, -0.05) is 26.2 Å². The highest BCUT2D eigenvalue weighted by molar-refractivity contribution is 4.78. The van der Waals surface area contributed by atoms with Crippen molar-refractivity contribution >= 4 is 0 Å². The summed E-state index contributed by atoms with van der Waals surface area (Å²) in [7, 11) is 0. The second-order valence-electron chi connectivity index (χ2n) is 6.28. The summed E-state index contributed by atoms with van der Waals surface area (Å²) < 4.78 is 6.19. The summed E-state index contributed by atoms with van der Waals surface area (Å²) >= 11 is 0. The third-order valence-electron chi connectivity index (χ3n) is 4.60. The van der Waals surface area contributed by atoms with E-state index in [9.17, 15) is 0 Å². The molecular weight excluding hydrogens is 222 g/mol. The maximum absolute atomic E-state index is 6.19. The lowest BCUT2D eigenvalue weighted by Gasteiger charge is -2.31. The standard InChI is InChI=1S/C16H31NO/c1-2-11-17-15-9-6-10-16(12-15)18-13-14-7-4-3-5-8-14/h14-17H,2-13H2,1H3. The topological polar surface area (TPSA) is 21.3 Å². The van der Waals surface area contributed by atoms with Gasteiger partial charge in [-0.3, -0.25) is 0 Å². The van der Waals surface area contributed by atoms with E-state index in [2.05, 4.69) is 12.2 Å². The summed E-state index contributed by atoms with van der Waals surface area (Å²) in [6.45, 7) is 4.44. The minimum atomic E-state index is 0.537. The molecule has 0 heterocycles. The number of hydrogen-bond acceptors (Lipinski definition) is 2. The molecule has 2 fully saturated rings. The average molecular weight is 253 g/mol. The molecule has 0 aliphatic heterocycles. The highest BCUT2D eigenvalue weighted by Crippen LogP contribution is 2.26. The summed E-state index contributed by atoms with van der Waals surface area (Å²) in [5.74, 6) is 0.864. The summed E-state index contributed by atoms with van der Waals surface area (Å²) in [6, 6.07) is 0.718. The van der Waals surface area contributed by atoms with Crippen LogP contribution < -0.4 is 5.32 Å². The molecule has 2 unspecified atom stereocenters. The van der Waals surface area contributed by atoms with Gasteiger partial charge in [-0.25, -0.2) is 0 Å². The summed E-state index contributed by atoms with van der Waals surface area (Å²) in [5, 5.41) is 3.66. The highest BCUT2D eigenvalue weighted by Gasteiger charge is 2.23. The van der Waals surface area contributed by atoms with Crippen molar-refractivity contribution in [3.63, 3.8) is 0 Å². The molecule has 0 aromatic rings. The molecule has 0 saturated heterocycles. The number of rotatable bonds is 6. The van der Waals surface area contributed by atoms with Crippen LogP contribution in [0.3, 0.4) is 0 Å². The van der Waals surface area contributed by atoms with Crippen molar-refractivity contribution < 1.29 is 4.74 Å². The zero-order chi connectivity index (χ0) is 12.6. The second kappa shape index (κ2) is 8.16. The molecule has 0 aromatic heterocycles. The van der Waals surface area contributed by atoms with E-state index in [-0.39, 0.29) is 0 Å². The Balaban J connectivity index is 1.62. The van der Waals surface area contributed by atoms with Crippen molar-refractivity contribution in [2.45, 2.75) is 83.3 Å². The first-order valence-corrected chi connectivity index (χ1v) is 8.23. The number of hydrogen-bond donors (Lipinski definition) is 1. The van der Waals surface area contributed by atoms with E-state index in [0.717, 1.165) is 18.6 Å². The van der Waals surface area contributed by atoms with Gasteiger partial charge in [0, 0.05) is 12.6 Å². The Kier molecular flexibility index (Phi) is 6.50. The van der Waals surface area contributed by atoms with Gasteiger partial charge in [0.2, 0.25) is 0 Å². The largest absolute Gasteiger partial charge is 0.378 e. The molecule has 106 valence electrons. The van der Waals surface area contributed by atoms with Crippen molar-refractivity contribution in [2.24, 2.45) is 5.92 Å². The predicted octanol–water partition coefficient (Wildman–Crippen LogP) is 3.89. The third kappa shape index (κ3) is 4.89. The molecule has 2 aliphatic rings. The SMILES string of the molecule is CCCNC1CCCC(OCC2CCCCC2)C1. The van der Waals surface area contributed by atoms with Crippen molar-refractivity contribution in [1.29, 1.82) is 0 Å². The van der Waals surface area contributed by atoms with Gasteiger partial charge in [0.15, 0.2) is 0 Å². The quantitative estimate of drug-likeness (QED) is 0.775. The molecule has 2 saturated carbocycles. The van der Waals surface area contributed by atoms with Crippen LogP contribution in [0.1, 0.15) is 71.1 Å². The van der Waals surface area contributed by atoms with E-state index in [4.69, 9.17) is 4.74 Å². The zero-order valence-electron chi connectivity index (χ0n) is 12.1. The molecule has 2 atom stereocenters. The molecule has 18 heavy (non-hydrogen) atoms. The van der Waals surface area contributed by atoms with Crippen LogP contribution in [0.15, 0.2) is 0 Å².